The van der Waals surface area contributed by atoms with Crippen molar-refractivity contribution in [2.75, 3.05) is 6.61 Å². The van der Waals surface area contributed by atoms with E-state index in [1.54, 1.807) is 0 Å². The Morgan fingerprint density at radius 1 is 0.586 bits per heavy atom. The van der Waals surface area contributed by atoms with Crippen molar-refractivity contribution >= 4 is 11.9 Å². The largest absolute Gasteiger partial charge is 0.466 e. The van der Waals surface area contributed by atoms with Crippen molar-refractivity contribution in [1.82, 2.24) is 0 Å². The summed E-state index contributed by atoms with van der Waals surface area (Å²) in [6.07, 6.45) is 18.7. The van der Waals surface area contributed by atoms with Gasteiger partial charge in [-0.25, -0.2) is 0 Å². The molecule has 0 aromatic carbocycles. The van der Waals surface area contributed by atoms with E-state index in [0.717, 1.165) is 70.6 Å². The van der Waals surface area contributed by atoms with Crippen LogP contribution in [-0.2, 0) is 19.1 Å². The van der Waals surface area contributed by atoms with E-state index in [2.05, 4.69) is 20.8 Å². The number of hydrogen-bond acceptors (Lipinski definition) is 4. The molecule has 172 valence electrons. The topological polar surface area (TPSA) is 52.6 Å². The van der Waals surface area contributed by atoms with Gasteiger partial charge in [-0.05, 0) is 32.1 Å². The first-order chi connectivity index (χ1) is 14.1. The number of esters is 2. The Hall–Kier alpha value is -1.06. The quantitative estimate of drug-likeness (QED) is 0.144. The second kappa shape index (κ2) is 21.6. The summed E-state index contributed by atoms with van der Waals surface area (Å²) in [6, 6.07) is 0. The van der Waals surface area contributed by atoms with E-state index < -0.39 is 0 Å². The molecule has 0 atom stereocenters. The molecule has 29 heavy (non-hydrogen) atoms. The Bertz CT molecular complexity index is 375. The summed E-state index contributed by atoms with van der Waals surface area (Å²) in [5.74, 6) is -0.0833. The van der Waals surface area contributed by atoms with E-state index in [9.17, 15) is 9.59 Å². The smallest absolute Gasteiger partial charge is 0.306 e. The molecule has 0 N–H and O–H groups in total. The van der Waals surface area contributed by atoms with Crippen molar-refractivity contribution < 1.29 is 19.1 Å². The number of unbranched alkanes of at least 4 members (excludes halogenated alkanes) is 10. The van der Waals surface area contributed by atoms with Crippen LogP contribution >= 0.6 is 0 Å². The second-order valence-electron chi connectivity index (χ2n) is 8.30. The molecule has 0 spiro atoms. The standard InChI is InChI=1S/C25H48O4/c1-4-7-8-9-14-17-22-28-24(26)20-15-12-10-11-13-16-21-25(27)29-23(18-5-2)19-6-3/h23H,4-22H2,1-3H3. The van der Waals surface area contributed by atoms with Crippen molar-refractivity contribution in [3.05, 3.63) is 0 Å². The molecule has 0 saturated carbocycles. The summed E-state index contributed by atoms with van der Waals surface area (Å²) in [6.45, 7) is 7.06. The van der Waals surface area contributed by atoms with Crippen LogP contribution in [0.5, 0.6) is 0 Å². The van der Waals surface area contributed by atoms with Gasteiger partial charge in [-0.15, -0.1) is 0 Å². The highest BCUT2D eigenvalue weighted by atomic mass is 16.5. The Morgan fingerprint density at radius 2 is 1.07 bits per heavy atom. The Labute approximate surface area is 180 Å². The zero-order valence-corrected chi connectivity index (χ0v) is 19.6. The molecule has 0 radical (unpaired) electrons. The fourth-order valence-corrected chi connectivity index (χ4v) is 3.54. The zero-order chi connectivity index (χ0) is 21.6. The predicted molar refractivity (Wildman–Crippen MR) is 121 cm³/mol. The molecule has 0 amide bonds. The monoisotopic (exact) mass is 412 g/mol. The molecule has 0 heterocycles. The van der Waals surface area contributed by atoms with Gasteiger partial charge in [-0.1, -0.05) is 91.4 Å². The molecule has 0 aliphatic rings. The maximum Gasteiger partial charge on any atom is 0.306 e. The summed E-state index contributed by atoms with van der Waals surface area (Å²) >= 11 is 0. The number of carbonyl (C=O) groups is 2. The molecule has 4 nitrogen and oxygen atoms in total. The number of carbonyl (C=O) groups excluding carboxylic acids is 2. The molecule has 0 aromatic heterocycles. The van der Waals surface area contributed by atoms with Gasteiger partial charge in [0.2, 0.25) is 0 Å². The average Bonchev–Trinajstić information content (AvgIpc) is 2.69. The van der Waals surface area contributed by atoms with E-state index in [-0.39, 0.29) is 18.0 Å². The zero-order valence-electron chi connectivity index (χ0n) is 19.6. The lowest BCUT2D eigenvalue weighted by molar-refractivity contribution is -0.150. The van der Waals surface area contributed by atoms with Gasteiger partial charge in [-0.2, -0.15) is 0 Å². The maximum absolute atomic E-state index is 11.9. The molecule has 0 unspecified atom stereocenters. The lowest BCUT2D eigenvalue weighted by Gasteiger charge is -2.16. The molecule has 0 fully saturated rings. The third kappa shape index (κ3) is 20.0. The normalized spacial score (nSPS) is 11.0. The van der Waals surface area contributed by atoms with Gasteiger partial charge >= 0.3 is 11.9 Å². The first-order valence-electron chi connectivity index (χ1n) is 12.5. The van der Waals surface area contributed by atoms with Crippen molar-refractivity contribution in [2.45, 2.75) is 142 Å². The highest BCUT2D eigenvalue weighted by molar-refractivity contribution is 5.69. The maximum atomic E-state index is 11.9. The number of rotatable bonds is 21. The number of hydrogen-bond donors (Lipinski definition) is 0. The molecule has 0 aliphatic carbocycles. The molecule has 0 rings (SSSR count). The lowest BCUT2D eigenvalue weighted by Crippen LogP contribution is -2.17. The van der Waals surface area contributed by atoms with Crippen LogP contribution in [0, 0.1) is 0 Å². The van der Waals surface area contributed by atoms with Crippen LogP contribution in [-0.4, -0.2) is 24.6 Å². The van der Waals surface area contributed by atoms with Crippen molar-refractivity contribution in [3.8, 4) is 0 Å². The van der Waals surface area contributed by atoms with Gasteiger partial charge in [0, 0.05) is 12.8 Å². The van der Waals surface area contributed by atoms with Crippen LogP contribution in [0.1, 0.15) is 136 Å². The minimum absolute atomic E-state index is 0.0370. The number of ether oxygens (including phenoxy) is 2. The summed E-state index contributed by atoms with van der Waals surface area (Å²) in [4.78, 5) is 23.6. The van der Waals surface area contributed by atoms with Crippen LogP contribution < -0.4 is 0 Å². The van der Waals surface area contributed by atoms with Gasteiger partial charge in [-0.3, -0.25) is 9.59 Å². The van der Waals surface area contributed by atoms with Crippen molar-refractivity contribution in [1.29, 1.82) is 0 Å². The highest BCUT2D eigenvalue weighted by Crippen LogP contribution is 2.13. The summed E-state index contributed by atoms with van der Waals surface area (Å²) in [5.41, 5.74) is 0. The molecule has 0 bridgehead atoms. The predicted octanol–water partition coefficient (Wildman–Crippen LogP) is 7.52. The van der Waals surface area contributed by atoms with Crippen LogP contribution in [0.4, 0.5) is 0 Å². The third-order valence-electron chi connectivity index (χ3n) is 5.29. The summed E-state index contributed by atoms with van der Waals surface area (Å²) in [7, 11) is 0. The fourth-order valence-electron chi connectivity index (χ4n) is 3.54. The van der Waals surface area contributed by atoms with Gasteiger partial charge in [0.1, 0.15) is 6.10 Å². The van der Waals surface area contributed by atoms with Gasteiger partial charge in [0.05, 0.1) is 6.61 Å². The van der Waals surface area contributed by atoms with E-state index >= 15 is 0 Å². The van der Waals surface area contributed by atoms with Crippen molar-refractivity contribution in [3.63, 3.8) is 0 Å². The molecular formula is C25H48O4. The fraction of sp³-hybridized carbons (Fsp3) is 0.920. The molecule has 0 aromatic rings. The van der Waals surface area contributed by atoms with Crippen LogP contribution in [0.25, 0.3) is 0 Å². The van der Waals surface area contributed by atoms with Crippen LogP contribution in [0.3, 0.4) is 0 Å². The van der Waals surface area contributed by atoms with Crippen LogP contribution in [0.15, 0.2) is 0 Å². The second-order valence-corrected chi connectivity index (χ2v) is 8.30. The first-order valence-corrected chi connectivity index (χ1v) is 12.5. The average molecular weight is 413 g/mol. The molecule has 4 heteroatoms. The lowest BCUT2D eigenvalue weighted by atomic mass is 10.1. The SMILES string of the molecule is CCCCCCCCOC(=O)CCCCCCCCC(=O)OC(CCC)CCC. The molecule has 0 aliphatic heterocycles. The Kier molecular flexibility index (Phi) is 20.9. The first kappa shape index (κ1) is 27.9. The highest BCUT2D eigenvalue weighted by Gasteiger charge is 2.12. The Morgan fingerprint density at radius 3 is 1.62 bits per heavy atom. The molecule has 0 saturated heterocycles. The summed E-state index contributed by atoms with van der Waals surface area (Å²) < 4.78 is 10.9. The minimum atomic E-state index is -0.0463. The van der Waals surface area contributed by atoms with E-state index in [4.69, 9.17) is 9.47 Å². The minimum Gasteiger partial charge on any atom is -0.466 e. The Balaban J connectivity index is 3.43. The summed E-state index contributed by atoms with van der Waals surface area (Å²) in [5, 5.41) is 0. The van der Waals surface area contributed by atoms with E-state index in [1.165, 1.54) is 32.1 Å². The van der Waals surface area contributed by atoms with Crippen LogP contribution in [0.2, 0.25) is 0 Å². The van der Waals surface area contributed by atoms with Gasteiger partial charge < -0.3 is 9.47 Å². The van der Waals surface area contributed by atoms with Gasteiger partial charge in [0.25, 0.3) is 0 Å². The van der Waals surface area contributed by atoms with Gasteiger partial charge in [0.15, 0.2) is 0 Å². The third-order valence-corrected chi connectivity index (χ3v) is 5.29. The molecular weight excluding hydrogens is 364 g/mol. The van der Waals surface area contributed by atoms with E-state index in [0.29, 0.717) is 19.4 Å². The van der Waals surface area contributed by atoms with Crippen molar-refractivity contribution in [2.24, 2.45) is 0 Å². The van der Waals surface area contributed by atoms with E-state index in [1.807, 2.05) is 0 Å².